The molecule has 0 aromatic rings. The summed E-state index contributed by atoms with van der Waals surface area (Å²) in [5.74, 6) is 0. The highest BCUT2D eigenvalue weighted by Gasteiger charge is 2.48. The Hall–Kier alpha value is 0.190. The van der Waals surface area contributed by atoms with Crippen molar-refractivity contribution in [2.75, 3.05) is 6.61 Å². The largest absolute Gasteiger partial charge is 0.389 e. The Kier molecular flexibility index (Phi) is 1.85. The van der Waals surface area contributed by atoms with Crippen LogP contribution < -0.4 is 0 Å². The summed E-state index contributed by atoms with van der Waals surface area (Å²) in [4.78, 5) is 0. The van der Waals surface area contributed by atoms with Gasteiger partial charge in [-0.1, -0.05) is 0 Å². The molecule has 0 aromatic carbocycles. The molecule has 4 nitrogen and oxygen atoms in total. The number of aliphatic hydroxyl groups is 3. The van der Waals surface area contributed by atoms with Crippen LogP contribution in [0.1, 0.15) is 0 Å². The molecule has 64 valence electrons. The fourth-order valence-corrected chi connectivity index (χ4v) is 2.68. The van der Waals surface area contributed by atoms with Gasteiger partial charge in [0.25, 0.3) is 0 Å². The summed E-state index contributed by atoms with van der Waals surface area (Å²) in [7, 11) is 0. The third-order valence-electron chi connectivity index (χ3n) is 2.09. The van der Waals surface area contributed by atoms with Gasteiger partial charge in [-0.05, 0) is 0 Å². The van der Waals surface area contributed by atoms with Gasteiger partial charge in [-0.2, -0.15) is 0 Å². The maximum Gasteiger partial charge on any atom is 0.132 e. The second-order valence-electron chi connectivity index (χ2n) is 2.85. The van der Waals surface area contributed by atoms with E-state index in [1.807, 2.05) is 0 Å². The minimum atomic E-state index is -1.05. The van der Waals surface area contributed by atoms with E-state index >= 15 is 0 Å². The van der Waals surface area contributed by atoms with Crippen molar-refractivity contribution < 1.29 is 20.1 Å². The first kappa shape index (κ1) is 7.82. The number of fused-ring (bicyclic) bond motifs is 2. The number of aliphatic hydroxyl groups excluding tert-OH is 3. The predicted molar refractivity (Wildman–Crippen MR) is 39.1 cm³/mol. The van der Waals surface area contributed by atoms with E-state index in [1.165, 1.54) is 11.8 Å². The molecule has 2 aliphatic rings. The fourth-order valence-electron chi connectivity index (χ4n) is 1.38. The minimum Gasteiger partial charge on any atom is -0.389 e. The van der Waals surface area contributed by atoms with E-state index in [-0.39, 0.29) is 10.7 Å². The monoisotopic (exact) mass is 178 g/mol. The normalized spacial score (nSPS) is 56.5. The molecular formula is C6H10O4S. The maximum absolute atomic E-state index is 9.32. The summed E-state index contributed by atoms with van der Waals surface area (Å²) in [6, 6.07) is 0. The Morgan fingerprint density at radius 1 is 1.09 bits per heavy atom. The molecule has 0 unspecified atom stereocenters. The topological polar surface area (TPSA) is 69.9 Å². The van der Waals surface area contributed by atoms with E-state index in [0.717, 1.165) is 0 Å². The average molecular weight is 178 g/mol. The van der Waals surface area contributed by atoms with Crippen molar-refractivity contribution in [3.8, 4) is 0 Å². The number of rotatable bonds is 0. The molecule has 2 aliphatic heterocycles. The summed E-state index contributed by atoms with van der Waals surface area (Å²) in [6.45, 7) is 0.421. The number of hydrogen-bond acceptors (Lipinski definition) is 5. The van der Waals surface area contributed by atoms with Gasteiger partial charge in [0, 0.05) is 0 Å². The van der Waals surface area contributed by atoms with Crippen molar-refractivity contribution in [2.45, 2.75) is 29.0 Å². The van der Waals surface area contributed by atoms with Crippen LogP contribution in [0, 0.1) is 0 Å². The zero-order chi connectivity index (χ0) is 8.01. The number of thioether (sulfide) groups is 1. The molecule has 0 radical (unpaired) electrons. The van der Waals surface area contributed by atoms with Gasteiger partial charge in [-0.3, -0.25) is 0 Å². The summed E-state index contributed by atoms with van der Waals surface area (Å²) >= 11 is 1.39. The lowest BCUT2D eigenvalue weighted by atomic mass is 10.1. The molecule has 2 heterocycles. The molecule has 2 saturated heterocycles. The van der Waals surface area contributed by atoms with Gasteiger partial charge in [0.2, 0.25) is 0 Å². The van der Waals surface area contributed by atoms with Crippen LogP contribution in [0.5, 0.6) is 0 Å². The summed E-state index contributed by atoms with van der Waals surface area (Å²) in [5.41, 5.74) is -0.349. The molecule has 2 fully saturated rings. The smallest absolute Gasteiger partial charge is 0.132 e. The van der Waals surface area contributed by atoms with Crippen molar-refractivity contribution >= 4 is 11.8 Å². The van der Waals surface area contributed by atoms with Crippen molar-refractivity contribution in [1.29, 1.82) is 0 Å². The SMILES string of the molecule is O[C@H]1[C@H](O)[C@@H]2OC[C@@H](S2)[C@H]1O. The second kappa shape index (κ2) is 2.60. The Labute approximate surface area is 68.2 Å². The van der Waals surface area contributed by atoms with Crippen LogP contribution in [0.2, 0.25) is 0 Å². The first-order valence-electron chi connectivity index (χ1n) is 3.51. The zero-order valence-corrected chi connectivity index (χ0v) is 6.57. The van der Waals surface area contributed by atoms with Crippen molar-refractivity contribution in [3.05, 3.63) is 0 Å². The molecule has 0 saturated carbocycles. The van der Waals surface area contributed by atoms with Crippen LogP contribution in [-0.4, -0.2) is 50.9 Å². The molecular weight excluding hydrogens is 168 g/mol. The molecule has 0 aromatic heterocycles. The summed E-state index contributed by atoms with van der Waals surface area (Å²) < 4.78 is 5.12. The van der Waals surface area contributed by atoms with Gasteiger partial charge in [0.1, 0.15) is 17.6 Å². The second-order valence-corrected chi connectivity index (χ2v) is 4.19. The Morgan fingerprint density at radius 3 is 2.55 bits per heavy atom. The van der Waals surface area contributed by atoms with Gasteiger partial charge in [0.05, 0.1) is 18.0 Å². The first-order valence-corrected chi connectivity index (χ1v) is 4.45. The van der Waals surface area contributed by atoms with Crippen molar-refractivity contribution in [1.82, 2.24) is 0 Å². The van der Waals surface area contributed by atoms with E-state index in [0.29, 0.717) is 6.61 Å². The van der Waals surface area contributed by atoms with E-state index < -0.39 is 18.3 Å². The van der Waals surface area contributed by atoms with Crippen molar-refractivity contribution in [3.63, 3.8) is 0 Å². The lowest BCUT2D eigenvalue weighted by Gasteiger charge is -2.31. The third kappa shape index (κ3) is 1.08. The molecule has 0 spiro atoms. The standard InChI is InChI=1S/C6H10O4S/c7-3-2-1-10-6(11-2)5(9)4(3)8/h2-9H,1H2/t2-,3-,4-,5+,6-/m1/s1. The molecule has 11 heavy (non-hydrogen) atoms. The Morgan fingerprint density at radius 2 is 1.82 bits per heavy atom. The molecule has 3 N–H and O–H groups in total. The van der Waals surface area contributed by atoms with Crippen LogP contribution in [0.15, 0.2) is 0 Å². The zero-order valence-electron chi connectivity index (χ0n) is 5.75. The van der Waals surface area contributed by atoms with Crippen LogP contribution >= 0.6 is 11.8 Å². The third-order valence-corrected chi connectivity index (χ3v) is 3.54. The Bertz CT molecular complexity index is 145. The lowest BCUT2D eigenvalue weighted by Crippen LogP contribution is -2.49. The summed E-state index contributed by atoms with van der Waals surface area (Å²) in [5, 5.41) is 27.8. The van der Waals surface area contributed by atoms with Crippen molar-refractivity contribution in [2.24, 2.45) is 0 Å². The summed E-state index contributed by atoms with van der Waals surface area (Å²) in [6.07, 6.45) is -2.85. The number of ether oxygens (including phenoxy) is 1. The molecule has 2 rings (SSSR count). The molecule has 5 heteroatoms. The van der Waals surface area contributed by atoms with Gasteiger partial charge in [-0.15, -0.1) is 11.8 Å². The van der Waals surface area contributed by atoms with Gasteiger partial charge >= 0.3 is 0 Å². The lowest BCUT2D eigenvalue weighted by molar-refractivity contribution is -0.0736. The van der Waals surface area contributed by atoms with Gasteiger partial charge in [0.15, 0.2) is 0 Å². The predicted octanol–water partition coefficient (Wildman–Crippen LogP) is -1.46. The minimum absolute atomic E-state index is 0.0709. The van der Waals surface area contributed by atoms with E-state index in [4.69, 9.17) is 4.74 Å². The first-order chi connectivity index (χ1) is 5.20. The maximum atomic E-state index is 9.32. The molecule has 2 bridgehead atoms. The quantitative estimate of drug-likeness (QED) is 0.423. The van der Waals surface area contributed by atoms with Crippen LogP contribution in [0.3, 0.4) is 0 Å². The van der Waals surface area contributed by atoms with Crippen LogP contribution in [-0.2, 0) is 4.74 Å². The highest BCUT2D eigenvalue weighted by Crippen LogP contribution is 2.38. The molecule has 0 aliphatic carbocycles. The van der Waals surface area contributed by atoms with E-state index in [9.17, 15) is 15.3 Å². The molecule has 0 amide bonds. The van der Waals surface area contributed by atoms with Crippen LogP contribution in [0.4, 0.5) is 0 Å². The number of hydrogen-bond donors (Lipinski definition) is 3. The van der Waals surface area contributed by atoms with E-state index in [1.54, 1.807) is 0 Å². The molecule has 5 atom stereocenters. The Balaban J connectivity index is 2.16. The van der Waals surface area contributed by atoms with Crippen LogP contribution in [0.25, 0.3) is 0 Å². The fraction of sp³-hybridized carbons (Fsp3) is 1.00. The highest BCUT2D eigenvalue weighted by atomic mass is 32.2. The van der Waals surface area contributed by atoms with Gasteiger partial charge < -0.3 is 20.1 Å². The average Bonchev–Trinajstić information content (AvgIpc) is 2.44. The highest BCUT2D eigenvalue weighted by molar-refractivity contribution is 8.00. The van der Waals surface area contributed by atoms with E-state index in [2.05, 4.69) is 0 Å². The van der Waals surface area contributed by atoms with Gasteiger partial charge in [-0.25, -0.2) is 0 Å².